The minimum Gasteiger partial charge on any atom is -0.496 e. The fraction of sp³-hybridized carbons (Fsp3) is 0.0952. The molecule has 0 saturated heterocycles. The summed E-state index contributed by atoms with van der Waals surface area (Å²) in [5, 5.41) is 10.4. The van der Waals surface area contributed by atoms with Crippen LogP contribution < -0.4 is 20.7 Å². The summed E-state index contributed by atoms with van der Waals surface area (Å²) in [4.78, 5) is 25.5. The third kappa shape index (κ3) is 5.44. The van der Waals surface area contributed by atoms with E-state index in [0.717, 1.165) is 10.0 Å². The van der Waals surface area contributed by atoms with Crippen LogP contribution >= 0.6 is 39.5 Å². The van der Waals surface area contributed by atoms with E-state index in [0.29, 0.717) is 27.6 Å². The molecule has 9 heteroatoms. The van der Waals surface area contributed by atoms with Crippen LogP contribution in [0.25, 0.3) is 0 Å². The van der Waals surface area contributed by atoms with Crippen molar-refractivity contribution in [3.63, 3.8) is 0 Å². The van der Waals surface area contributed by atoms with Crippen LogP contribution in [0, 0.1) is 6.92 Å². The van der Waals surface area contributed by atoms with Crippen LogP contribution in [0.15, 0.2) is 58.4 Å². The van der Waals surface area contributed by atoms with Gasteiger partial charge in [-0.3, -0.25) is 14.9 Å². The standard InChI is InChI=1S/C21H18BrN3O3S2/c1-12-9-13(22)10-16(18(12)28-2)19(26)25-21(29)24-15-6-3-5-14(11-15)23-20(27)17-7-4-8-30-17/h3-11H,1-2H3,(H,23,27)(H2,24,25,26,29). The van der Waals surface area contributed by atoms with Crippen LogP contribution in [0.4, 0.5) is 11.4 Å². The number of carbonyl (C=O) groups is 2. The number of nitrogens with one attached hydrogen (secondary N) is 3. The Morgan fingerprint density at radius 1 is 1.03 bits per heavy atom. The van der Waals surface area contributed by atoms with Crippen molar-refractivity contribution in [1.29, 1.82) is 0 Å². The summed E-state index contributed by atoms with van der Waals surface area (Å²) in [6.07, 6.45) is 0. The van der Waals surface area contributed by atoms with Gasteiger partial charge in [-0.25, -0.2) is 0 Å². The molecule has 0 aliphatic rings. The Morgan fingerprint density at radius 3 is 2.43 bits per heavy atom. The molecular formula is C21H18BrN3O3S2. The predicted molar refractivity (Wildman–Crippen MR) is 128 cm³/mol. The van der Waals surface area contributed by atoms with E-state index in [1.165, 1.54) is 18.4 Å². The molecule has 2 aromatic carbocycles. The smallest absolute Gasteiger partial charge is 0.265 e. The van der Waals surface area contributed by atoms with Crippen molar-refractivity contribution >= 4 is 67.8 Å². The molecule has 0 saturated carbocycles. The Morgan fingerprint density at radius 2 is 1.77 bits per heavy atom. The zero-order valence-corrected chi connectivity index (χ0v) is 19.3. The Kier molecular flexibility index (Phi) is 7.20. The van der Waals surface area contributed by atoms with Gasteiger partial charge in [0.2, 0.25) is 0 Å². The lowest BCUT2D eigenvalue weighted by atomic mass is 10.1. The van der Waals surface area contributed by atoms with Gasteiger partial charge in [-0.15, -0.1) is 11.3 Å². The summed E-state index contributed by atoms with van der Waals surface area (Å²) in [5.74, 6) is -0.0946. The van der Waals surface area contributed by atoms with Gasteiger partial charge in [-0.1, -0.05) is 28.1 Å². The number of anilines is 2. The highest BCUT2D eigenvalue weighted by atomic mass is 79.9. The highest BCUT2D eigenvalue weighted by Crippen LogP contribution is 2.27. The summed E-state index contributed by atoms with van der Waals surface area (Å²) in [6, 6.07) is 14.2. The third-order valence-electron chi connectivity index (χ3n) is 4.04. The molecule has 3 rings (SSSR count). The molecule has 6 nitrogen and oxygen atoms in total. The highest BCUT2D eigenvalue weighted by Gasteiger charge is 2.17. The van der Waals surface area contributed by atoms with Gasteiger partial charge in [0.1, 0.15) is 5.75 Å². The number of methoxy groups -OCH3 is 1. The second-order valence-electron chi connectivity index (χ2n) is 6.22. The Hall–Kier alpha value is -2.75. The van der Waals surface area contributed by atoms with E-state index in [2.05, 4.69) is 31.9 Å². The van der Waals surface area contributed by atoms with E-state index in [4.69, 9.17) is 17.0 Å². The van der Waals surface area contributed by atoms with Crippen LogP contribution in [0.3, 0.4) is 0 Å². The molecule has 1 aromatic heterocycles. The number of halogens is 1. The van der Waals surface area contributed by atoms with E-state index in [9.17, 15) is 9.59 Å². The molecular weight excluding hydrogens is 486 g/mol. The van der Waals surface area contributed by atoms with E-state index in [1.807, 2.05) is 24.4 Å². The van der Waals surface area contributed by atoms with Crippen molar-refractivity contribution < 1.29 is 14.3 Å². The number of rotatable bonds is 5. The Balaban J connectivity index is 1.67. The number of benzene rings is 2. The maximum atomic E-state index is 12.7. The minimum atomic E-state index is -0.393. The molecule has 2 amide bonds. The lowest BCUT2D eigenvalue weighted by Crippen LogP contribution is -2.34. The normalized spacial score (nSPS) is 10.2. The summed E-state index contributed by atoms with van der Waals surface area (Å²) in [7, 11) is 1.51. The lowest BCUT2D eigenvalue weighted by molar-refractivity contribution is 0.0973. The molecule has 0 fully saturated rings. The fourth-order valence-electron chi connectivity index (χ4n) is 2.78. The second kappa shape index (κ2) is 9.84. The summed E-state index contributed by atoms with van der Waals surface area (Å²) in [6.45, 7) is 1.85. The maximum absolute atomic E-state index is 12.7. The van der Waals surface area contributed by atoms with Gasteiger partial charge < -0.3 is 15.4 Å². The molecule has 0 unspecified atom stereocenters. The number of ether oxygens (including phenoxy) is 1. The van der Waals surface area contributed by atoms with Gasteiger partial charge in [0.25, 0.3) is 11.8 Å². The van der Waals surface area contributed by atoms with Crippen molar-refractivity contribution in [3.05, 3.63) is 74.4 Å². The Labute approximate surface area is 191 Å². The lowest BCUT2D eigenvalue weighted by Gasteiger charge is -2.14. The fourth-order valence-corrected chi connectivity index (χ4v) is 4.18. The minimum absolute atomic E-state index is 0.126. The topological polar surface area (TPSA) is 79.5 Å². The van der Waals surface area contributed by atoms with Crippen LogP contribution in [0.5, 0.6) is 5.75 Å². The van der Waals surface area contributed by atoms with Crippen molar-refractivity contribution in [1.82, 2.24) is 5.32 Å². The van der Waals surface area contributed by atoms with Gasteiger partial charge in [-0.2, -0.15) is 0 Å². The van der Waals surface area contributed by atoms with Crippen LogP contribution in [-0.2, 0) is 0 Å². The molecule has 0 aliphatic heterocycles. The largest absolute Gasteiger partial charge is 0.496 e. The number of aryl methyl sites for hydroxylation is 1. The van der Waals surface area contributed by atoms with E-state index in [1.54, 1.807) is 36.4 Å². The van der Waals surface area contributed by atoms with Crippen LogP contribution in [-0.4, -0.2) is 24.0 Å². The SMILES string of the molecule is COc1c(C)cc(Br)cc1C(=O)NC(=S)Nc1cccc(NC(=O)c2cccs2)c1. The van der Waals surface area contributed by atoms with E-state index in [-0.39, 0.29) is 11.0 Å². The molecule has 154 valence electrons. The summed E-state index contributed by atoms with van der Waals surface area (Å²) in [5.41, 5.74) is 2.43. The van der Waals surface area contributed by atoms with Crippen molar-refractivity contribution in [2.45, 2.75) is 6.92 Å². The zero-order valence-electron chi connectivity index (χ0n) is 16.1. The van der Waals surface area contributed by atoms with E-state index >= 15 is 0 Å². The maximum Gasteiger partial charge on any atom is 0.265 e. The highest BCUT2D eigenvalue weighted by molar-refractivity contribution is 9.10. The first kappa shape index (κ1) is 21.9. The van der Waals surface area contributed by atoms with Crippen molar-refractivity contribution in [2.75, 3.05) is 17.7 Å². The first-order valence-electron chi connectivity index (χ1n) is 8.78. The third-order valence-corrected chi connectivity index (χ3v) is 5.57. The van der Waals surface area contributed by atoms with Crippen molar-refractivity contribution in [2.24, 2.45) is 0 Å². The first-order chi connectivity index (χ1) is 14.4. The summed E-state index contributed by atoms with van der Waals surface area (Å²) >= 11 is 10.0. The van der Waals surface area contributed by atoms with Crippen LogP contribution in [0.2, 0.25) is 0 Å². The molecule has 0 radical (unpaired) electrons. The van der Waals surface area contributed by atoms with Gasteiger partial charge in [0.15, 0.2) is 5.11 Å². The van der Waals surface area contributed by atoms with Crippen molar-refractivity contribution in [3.8, 4) is 5.75 Å². The average molecular weight is 504 g/mol. The number of hydrogen-bond donors (Lipinski definition) is 3. The Bertz CT molecular complexity index is 1100. The zero-order chi connectivity index (χ0) is 21.7. The second-order valence-corrected chi connectivity index (χ2v) is 8.50. The number of hydrogen-bond acceptors (Lipinski definition) is 5. The molecule has 1 heterocycles. The van der Waals surface area contributed by atoms with Gasteiger partial charge in [0, 0.05) is 15.8 Å². The number of thiocarbonyl (C=S) groups is 1. The predicted octanol–water partition coefficient (Wildman–Crippen LogP) is 5.21. The number of thiophene rings is 1. The van der Waals surface area contributed by atoms with Gasteiger partial charge >= 0.3 is 0 Å². The molecule has 0 atom stereocenters. The quantitative estimate of drug-likeness (QED) is 0.416. The molecule has 3 aromatic rings. The molecule has 0 bridgehead atoms. The summed E-state index contributed by atoms with van der Waals surface area (Å²) < 4.78 is 6.11. The van der Waals surface area contributed by atoms with E-state index < -0.39 is 5.91 Å². The number of carbonyl (C=O) groups excluding carboxylic acids is 2. The van der Waals surface area contributed by atoms with Gasteiger partial charge in [0.05, 0.1) is 17.6 Å². The molecule has 0 aliphatic carbocycles. The molecule has 30 heavy (non-hydrogen) atoms. The van der Waals surface area contributed by atoms with Gasteiger partial charge in [-0.05, 0) is 66.5 Å². The number of amides is 2. The molecule has 3 N–H and O–H groups in total. The molecule has 0 spiro atoms. The first-order valence-corrected chi connectivity index (χ1v) is 10.9. The average Bonchev–Trinajstić information content (AvgIpc) is 3.22. The monoisotopic (exact) mass is 503 g/mol. The van der Waals surface area contributed by atoms with Crippen LogP contribution in [0.1, 0.15) is 25.6 Å².